The minimum atomic E-state index is -0.464. The SMILES string of the molecule is CCOC(=O)c1ccc(-c2ccccc2)c(Cl)c1Cl. The maximum atomic E-state index is 11.7. The third-order valence-electron chi connectivity index (χ3n) is 2.66. The van der Waals surface area contributed by atoms with Gasteiger partial charge in [0, 0.05) is 5.56 Å². The minimum absolute atomic E-state index is 0.224. The first-order valence-corrected chi connectivity index (χ1v) is 6.61. The average molecular weight is 295 g/mol. The maximum Gasteiger partial charge on any atom is 0.339 e. The minimum Gasteiger partial charge on any atom is -0.462 e. The van der Waals surface area contributed by atoms with Crippen LogP contribution in [0.15, 0.2) is 42.5 Å². The highest BCUT2D eigenvalue weighted by Gasteiger charge is 2.17. The summed E-state index contributed by atoms with van der Waals surface area (Å²) in [6.07, 6.45) is 0. The molecule has 0 atom stereocenters. The van der Waals surface area contributed by atoms with Crippen LogP contribution in [0.4, 0.5) is 0 Å². The molecule has 0 aliphatic carbocycles. The first kappa shape index (κ1) is 13.9. The highest BCUT2D eigenvalue weighted by Crippen LogP contribution is 2.36. The van der Waals surface area contributed by atoms with Crippen LogP contribution in [0, 0.1) is 0 Å². The molecule has 0 saturated carbocycles. The quantitative estimate of drug-likeness (QED) is 0.757. The number of hydrogen-bond acceptors (Lipinski definition) is 2. The lowest BCUT2D eigenvalue weighted by Gasteiger charge is -2.10. The summed E-state index contributed by atoms with van der Waals surface area (Å²) in [4.78, 5) is 11.7. The summed E-state index contributed by atoms with van der Waals surface area (Å²) in [6, 6.07) is 13.0. The number of esters is 1. The van der Waals surface area contributed by atoms with E-state index < -0.39 is 5.97 Å². The molecule has 0 spiro atoms. The standard InChI is InChI=1S/C15H12Cl2O2/c1-2-19-15(18)12-9-8-11(13(16)14(12)17)10-6-4-3-5-7-10/h3-9H,2H2,1H3. The number of carbonyl (C=O) groups excluding carboxylic acids is 1. The molecule has 0 heterocycles. The van der Waals surface area contributed by atoms with Crippen molar-refractivity contribution in [3.8, 4) is 11.1 Å². The van der Waals surface area contributed by atoms with Gasteiger partial charge in [0.15, 0.2) is 0 Å². The Kier molecular flexibility index (Phi) is 4.46. The van der Waals surface area contributed by atoms with Crippen LogP contribution in [0.25, 0.3) is 11.1 Å². The Morgan fingerprint density at radius 1 is 1.05 bits per heavy atom. The Morgan fingerprint density at radius 3 is 2.37 bits per heavy atom. The van der Waals surface area contributed by atoms with E-state index in [9.17, 15) is 4.79 Å². The summed E-state index contributed by atoms with van der Waals surface area (Å²) in [7, 11) is 0. The lowest BCUT2D eigenvalue weighted by Crippen LogP contribution is -2.05. The van der Waals surface area contributed by atoms with Crippen molar-refractivity contribution in [2.75, 3.05) is 6.61 Å². The van der Waals surface area contributed by atoms with Crippen molar-refractivity contribution in [1.82, 2.24) is 0 Å². The monoisotopic (exact) mass is 294 g/mol. The maximum absolute atomic E-state index is 11.7. The first-order valence-electron chi connectivity index (χ1n) is 5.85. The van der Waals surface area contributed by atoms with E-state index in [-0.39, 0.29) is 10.6 Å². The highest BCUT2D eigenvalue weighted by molar-refractivity contribution is 6.45. The van der Waals surface area contributed by atoms with E-state index in [4.69, 9.17) is 27.9 Å². The van der Waals surface area contributed by atoms with Crippen LogP contribution in [0.1, 0.15) is 17.3 Å². The molecule has 0 aliphatic heterocycles. The van der Waals surface area contributed by atoms with E-state index in [1.165, 1.54) is 0 Å². The second kappa shape index (κ2) is 6.09. The van der Waals surface area contributed by atoms with E-state index in [2.05, 4.69) is 0 Å². The fourth-order valence-corrected chi connectivity index (χ4v) is 2.27. The predicted octanol–water partition coefficient (Wildman–Crippen LogP) is 4.84. The molecular weight excluding hydrogens is 283 g/mol. The molecule has 2 aromatic rings. The number of ether oxygens (including phenoxy) is 1. The molecule has 2 nitrogen and oxygen atoms in total. The topological polar surface area (TPSA) is 26.3 Å². The van der Waals surface area contributed by atoms with Crippen LogP contribution in [-0.4, -0.2) is 12.6 Å². The predicted molar refractivity (Wildman–Crippen MR) is 77.9 cm³/mol. The Bertz CT molecular complexity index is 595. The molecule has 19 heavy (non-hydrogen) atoms. The van der Waals surface area contributed by atoms with Crippen molar-refractivity contribution in [2.45, 2.75) is 6.92 Å². The fraction of sp³-hybridized carbons (Fsp3) is 0.133. The molecule has 0 aromatic heterocycles. The van der Waals surface area contributed by atoms with Gasteiger partial charge < -0.3 is 4.74 Å². The summed E-state index contributed by atoms with van der Waals surface area (Å²) in [5.41, 5.74) is 2.03. The van der Waals surface area contributed by atoms with Gasteiger partial charge in [-0.05, 0) is 18.6 Å². The summed E-state index contributed by atoms with van der Waals surface area (Å²) in [5.74, 6) is -0.464. The van der Waals surface area contributed by atoms with Crippen molar-refractivity contribution >= 4 is 29.2 Å². The third kappa shape index (κ3) is 2.91. The van der Waals surface area contributed by atoms with Gasteiger partial charge in [-0.2, -0.15) is 0 Å². The summed E-state index contributed by atoms with van der Waals surface area (Å²) in [5, 5.41) is 0.583. The molecule has 0 N–H and O–H groups in total. The zero-order valence-corrected chi connectivity index (χ0v) is 11.8. The van der Waals surface area contributed by atoms with Crippen LogP contribution in [0.3, 0.4) is 0 Å². The Hall–Kier alpha value is -1.51. The Morgan fingerprint density at radius 2 is 1.74 bits per heavy atom. The zero-order chi connectivity index (χ0) is 13.8. The van der Waals surface area contributed by atoms with Crippen LogP contribution >= 0.6 is 23.2 Å². The number of benzene rings is 2. The number of hydrogen-bond donors (Lipinski definition) is 0. The molecule has 2 rings (SSSR count). The van der Waals surface area contributed by atoms with E-state index in [1.54, 1.807) is 19.1 Å². The average Bonchev–Trinajstić information content (AvgIpc) is 2.43. The van der Waals surface area contributed by atoms with Gasteiger partial charge in [-0.1, -0.05) is 59.6 Å². The number of rotatable bonds is 3. The normalized spacial score (nSPS) is 10.3. The largest absolute Gasteiger partial charge is 0.462 e. The highest BCUT2D eigenvalue weighted by atomic mass is 35.5. The van der Waals surface area contributed by atoms with Crippen molar-refractivity contribution in [3.05, 3.63) is 58.1 Å². The second-order valence-corrected chi connectivity index (χ2v) is 4.63. The molecule has 4 heteroatoms. The van der Waals surface area contributed by atoms with Gasteiger partial charge in [0.2, 0.25) is 0 Å². The molecule has 0 bridgehead atoms. The second-order valence-electron chi connectivity index (χ2n) is 3.88. The zero-order valence-electron chi connectivity index (χ0n) is 10.3. The molecule has 0 amide bonds. The third-order valence-corrected chi connectivity index (χ3v) is 3.54. The van der Waals surface area contributed by atoms with Gasteiger partial charge in [-0.3, -0.25) is 0 Å². The van der Waals surface area contributed by atoms with Crippen LogP contribution in [0.5, 0.6) is 0 Å². The van der Waals surface area contributed by atoms with Gasteiger partial charge in [0.25, 0.3) is 0 Å². The molecule has 0 unspecified atom stereocenters. The Labute approximate surface area is 121 Å². The molecule has 0 radical (unpaired) electrons. The molecule has 98 valence electrons. The van der Waals surface area contributed by atoms with Gasteiger partial charge in [0.1, 0.15) is 0 Å². The summed E-state index contributed by atoms with van der Waals surface area (Å²) >= 11 is 12.4. The van der Waals surface area contributed by atoms with Crippen LogP contribution < -0.4 is 0 Å². The van der Waals surface area contributed by atoms with Gasteiger partial charge >= 0.3 is 5.97 Å². The lowest BCUT2D eigenvalue weighted by molar-refractivity contribution is 0.0526. The van der Waals surface area contributed by atoms with E-state index in [1.807, 2.05) is 30.3 Å². The van der Waals surface area contributed by atoms with Gasteiger partial charge in [-0.25, -0.2) is 4.79 Å². The molecule has 2 aromatic carbocycles. The van der Waals surface area contributed by atoms with Gasteiger partial charge in [0.05, 0.1) is 22.2 Å². The van der Waals surface area contributed by atoms with E-state index >= 15 is 0 Å². The van der Waals surface area contributed by atoms with E-state index in [0.29, 0.717) is 11.6 Å². The molecule has 0 saturated heterocycles. The van der Waals surface area contributed by atoms with Crippen molar-refractivity contribution in [3.63, 3.8) is 0 Å². The van der Waals surface area contributed by atoms with Crippen LogP contribution in [-0.2, 0) is 4.74 Å². The van der Waals surface area contributed by atoms with Crippen LogP contribution in [0.2, 0.25) is 10.0 Å². The number of carbonyl (C=O) groups is 1. The lowest BCUT2D eigenvalue weighted by atomic mass is 10.0. The smallest absolute Gasteiger partial charge is 0.339 e. The number of halogens is 2. The fourth-order valence-electron chi connectivity index (χ4n) is 1.76. The summed E-state index contributed by atoms with van der Waals surface area (Å²) < 4.78 is 4.93. The molecule has 0 fully saturated rings. The van der Waals surface area contributed by atoms with Gasteiger partial charge in [-0.15, -0.1) is 0 Å². The van der Waals surface area contributed by atoms with Crippen molar-refractivity contribution in [1.29, 1.82) is 0 Å². The summed E-state index contributed by atoms with van der Waals surface area (Å²) in [6.45, 7) is 2.04. The first-order chi connectivity index (χ1) is 9.15. The van der Waals surface area contributed by atoms with E-state index in [0.717, 1.165) is 11.1 Å². The Balaban J connectivity index is 2.46. The molecular formula is C15H12Cl2O2. The van der Waals surface area contributed by atoms with Crippen molar-refractivity contribution < 1.29 is 9.53 Å². The molecule has 0 aliphatic rings. The van der Waals surface area contributed by atoms with Crippen molar-refractivity contribution in [2.24, 2.45) is 0 Å².